The number of amides is 1. The molecule has 1 fully saturated rings. The lowest BCUT2D eigenvalue weighted by molar-refractivity contribution is 0.0716. The minimum Gasteiger partial charge on any atom is -0.486 e. The molecule has 0 atom stereocenters. The number of rotatable bonds is 2. The molecule has 0 unspecified atom stereocenters. The van der Waals surface area contributed by atoms with Crippen molar-refractivity contribution in [2.75, 3.05) is 26.3 Å². The van der Waals surface area contributed by atoms with Gasteiger partial charge in [-0.05, 0) is 43.2 Å². The van der Waals surface area contributed by atoms with E-state index in [4.69, 9.17) is 20.2 Å². The molecule has 0 radical (unpaired) electrons. The first kappa shape index (κ1) is 23.1. The first-order chi connectivity index (χ1) is 14.2. The van der Waals surface area contributed by atoms with Crippen LogP contribution in [0, 0.1) is 0 Å². The number of para-hydroxylation sites is 1. The Hall–Kier alpha value is -2.54. The third-order valence-electron chi connectivity index (χ3n) is 5.61. The highest BCUT2D eigenvalue weighted by molar-refractivity contribution is 6.07. The van der Waals surface area contributed by atoms with Crippen molar-refractivity contribution in [2.45, 2.75) is 18.9 Å². The maximum atomic E-state index is 13.3. The second-order valence-electron chi connectivity index (χ2n) is 7.56. The molecule has 3 aromatic rings. The van der Waals surface area contributed by atoms with Gasteiger partial charge in [-0.3, -0.25) is 4.79 Å². The lowest BCUT2D eigenvalue weighted by atomic mass is 10.0. The van der Waals surface area contributed by atoms with Crippen LogP contribution in [-0.4, -0.2) is 48.1 Å². The van der Waals surface area contributed by atoms with E-state index in [-0.39, 0.29) is 36.8 Å². The van der Waals surface area contributed by atoms with Crippen molar-refractivity contribution in [3.63, 3.8) is 0 Å². The minimum atomic E-state index is 0. The molecule has 2 aromatic carbocycles. The number of carbonyl (C=O) groups is 1. The van der Waals surface area contributed by atoms with Gasteiger partial charge in [0, 0.05) is 30.1 Å². The summed E-state index contributed by atoms with van der Waals surface area (Å²) >= 11 is 0. The van der Waals surface area contributed by atoms with Crippen molar-refractivity contribution < 1.29 is 14.3 Å². The van der Waals surface area contributed by atoms with Gasteiger partial charge in [0.05, 0.1) is 16.8 Å². The molecule has 1 amide bonds. The molecule has 3 heterocycles. The van der Waals surface area contributed by atoms with Crippen molar-refractivity contribution in [3.05, 3.63) is 54.1 Å². The summed E-state index contributed by atoms with van der Waals surface area (Å²) in [6.45, 7) is 2.47. The molecule has 8 heteroatoms. The van der Waals surface area contributed by atoms with Crippen molar-refractivity contribution in [2.24, 2.45) is 5.73 Å². The number of nitrogens with two attached hydrogens (primary N) is 1. The number of aromatic nitrogens is 1. The number of hydrogen-bond acceptors (Lipinski definition) is 5. The van der Waals surface area contributed by atoms with E-state index < -0.39 is 0 Å². The number of hydrogen-bond donors (Lipinski definition) is 1. The molecule has 31 heavy (non-hydrogen) atoms. The summed E-state index contributed by atoms with van der Waals surface area (Å²) in [4.78, 5) is 20.1. The fraction of sp³-hybridized carbons (Fsp3) is 0.304. The summed E-state index contributed by atoms with van der Waals surface area (Å²) in [5, 5.41) is 0.869. The lowest BCUT2D eigenvalue weighted by Crippen LogP contribution is -2.42. The molecule has 5 rings (SSSR count). The summed E-state index contributed by atoms with van der Waals surface area (Å²) in [5.41, 5.74) is 9.14. The van der Waals surface area contributed by atoms with Crippen LogP contribution < -0.4 is 15.2 Å². The fourth-order valence-electron chi connectivity index (χ4n) is 3.98. The number of carbonyl (C=O) groups excluding carboxylic acids is 1. The van der Waals surface area contributed by atoms with Gasteiger partial charge in [0.25, 0.3) is 5.91 Å². The van der Waals surface area contributed by atoms with E-state index in [0.717, 1.165) is 40.8 Å². The third kappa shape index (κ3) is 4.56. The van der Waals surface area contributed by atoms with Gasteiger partial charge in [-0.25, -0.2) is 4.98 Å². The molecular formula is C23H25Cl2N3O3. The van der Waals surface area contributed by atoms with Crippen molar-refractivity contribution in [1.29, 1.82) is 0 Å². The zero-order valence-electron chi connectivity index (χ0n) is 17.0. The summed E-state index contributed by atoms with van der Waals surface area (Å²) in [5.74, 6) is 1.48. The Kier molecular flexibility index (Phi) is 7.26. The van der Waals surface area contributed by atoms with Crippen LogP contribution in [-0.2, 0) is 0 Å². The zero-order valence-corrected chi connectivity index (χ0v) is 18.6. The normalized spacial score (nSPS) is 15.7. The van der Waals surface area contributed by atoms with Gasteiger partial charge < -0.3 is 20.1 Å². The minimum absolute atomic E-state index is 0. The molecule has 164 valence electrons. The smallest absolute Gasteiger partial charge is 0.254 e. The molecular weight excluding hydrogens is 437 g/mol. The van der Waals surface area contributed by atoms with Gasteiger partial charge in [0.2, 0.25) is 0 Å². The lowest BCUT2D eigenvalue weighted by Gasteiger charge is -2.30. The van der Waals surface area contributed by atoms with Crippen molar-refractivity contribution >= 4 is 41.6 Å². The number of ether oxygens (including phenoxy) is 2. The van der Waals surface area contributed by atoms with E-state index in [1.54, 1.807) is 0 Å². The molecule has 0 aliphatic carbocycles. The molecule has 0 bridgehead atoms. The topological polar surface area (TPSA) is 77.7 Å². The van der Waals surface area contributed by atoms with Gasteiger partial charge in [0.1, 0.15) is 13.2 Å². The molecule has 6 nitrogen and oxygen atoms in total. The zero-order chi connectivity index (χ0) is 19.8. The largest absolute Gasteiger partial charge is 0.486 e. The Labute approximate surface area is 193 Å². The first-order valence-electron chi connectivity index (χ1n) is 10.0. The summed E-state index contributed by atoms with van der Waals surface area (Å²) in [6, 6.07) is 15.6. The molecule has 2 aliphatic heterocycles. The number of halogens is 2. The standard InChI is InChI=1S/C23H23N3O3.2ClH/c24-16-7-9-26(10-8-16)23(27)18-14-20(25-19-4-2-1-3-17(18)19)15-5-6-21-22(13-15)29-12-11-28-21;;/h1-6,13-14,16H,7-12,24H2;2*1H. The Bertz CT molecular complexity index is 1080. The van der Waals surface area contributed by atoms with E-state index in [1.165, 1.54) is 0 Å². The van der Waals surface area contributed by atoms with Crippen molar-refractivity contribution in [1.82, 2.24) is 9.88 Å². The van der Waals surface area contributed by atoms with Crippen LogP contribution in [0.2, 0.25) is 0 Å². The Morgan fingerprint density at radius 2 is 1.68 bits per heavy atom. The van der Waals surface area contributed by atoms with Crippen LogP contribution in [0.3, 0.4) is 0 Å². The molecule has 2 N–H and O–H groups in total. The maximum Gasteiger partial charge on any atom is 0.254 e. The van der Waals surface area contributed by atoms with Crippen LogP contribution in [0.4, 0.5) is 0 Å². The highest BCUT2D eigenvalue weighted by Crippen LogP contribution is 2.35. The number of benzene rings is 2. The van der Waals surface area contributed by atoms with Gasteiger partial charge in [0.15, 0.2) is 11.5 Å². The van der Waals surface area contributed by atoms with Crippen molar-refractivity contribution in [3.8, 4) is 22.8 Å². The van der Waals surface area contributed by atoms with Crippen LogP contribution >= 0.6 is 24.8 Å². The Morgan fingerprint density at radius 3 is 2.45 bits per heavy atom. The van der Waals surface area contributed by atoms with Gasteiger partial charge in [-0.1, -0.05) is 18.2 Å². The van der Waals surface area contributed by atoms with E-state index in [9.17, 15) is 4.79 Å². The number of piperidine rings is 1. The van der Waals surface area contributed by atoms with Crippen LogP contribution in [0.25, 0.3) is 22.2 Å². The molecule has 1 saturated heterocycles. The highest BCUT2D eigenvalue weighted by Gasteiger charge is 2.24. The quantitative estimate of drug-likeness (QED) is 0.621. The van der Waals surface area contributed by atoms with E-state index in [2.05, 4.69) is 0 Å². The summed E-state index contributed by atoms with van der Waals surface area (Å²) in [6.07, 6.45) is 1.67. The highest BCUT2D eigenvalue weighted by atomic mass is 35.5. The molecule has 0 spiro atoms. The van der Waals surface area contributed by atoms with Gasteiger partial charge in [-0.15, -0.1) is 24.8 Å². The number of likely N-dealkylation sites (tertiary alicyclic amines) is 1. The first-order valence-corrected chi connectivity index (χ1v) is 10.0. The summed E-state index contributed by atoms with van der Waals surface area (Å²) in [7, 11) is 0. The Balaban J connectivity index is 0.00000136. The molecule has 2 aliphatic rings. The SMILES string of the molecule is Cl.Cl.NC1CCN(C(=O)c2cc(-c3ccc4c(c3)OCCO4)nc3ccccc23)CC1. The van der Waals surface area contributed by atoms with Crippen LogP contribution in [0.1, 0.15) is 23.2 Å². The molecule has 0 saturated carbocycles. The molecule has 1 aromatic heterocycles. The van der Waals surface area contributed by atoms with E-state index in [0.29, 0.717) is 37.6 Å². The van der Waals surface area contributed by atoms with Gasteiger partial charge in [-0.2, -0.15) is 0 Å². The average Bonchev–Trinajstić information content (AvgIpc) is 2.78. The fourth-order valence-corrected chi connectivity index (χ4v) is 3.98. The second kappa shape index (κ2) is 9.73. The number of nitrogens with zero attached hydrogens (tertiary/aromatic N) is 2. The number of fused-ring (bicyclic) bond motifs is 2. The van der Waals surface area contributed by atoms with Gasteiger partial charge >= 0.3 is 0 Å². The van der Waals surface area contributed by atoms with Crippen LogP contribution in [0.15, 0.2) is 48.5 Å². The maximum absolute atomic E-state index is 13.3. The second-order valence-corrected chi connectivity index (χ2v) is 7.56. The Morgan fingerprint density at radius 1 is 0.968 bits per heavy atom. The monoisotopic (exact) mass is 461 g/mol. The predicted octanol–water partition coefficient (Wildman–Crippen LogP) is 4.08. The predicted molar refractivity (Wildman–Crippen MR) is 126 cm³/mol. The average molecular weight is 462 g/mol. The summed E-state index contributed by atoms with van der Waals surface area (Å²) < 4.78 is 11.3. The van der Waals surface area contributed by atoms with E-state index >= 15 is 0 Å². The third-order valence-corrected chi connectivity index (χ3v) is 5.61. The van der Waals surface area contributed by atoms with Crippen LogP contribution in [0.5, 0.6) is 11.5 Å². The van der Waals surface area contributed by atoms with E-state index in [1.807, 2.05) is 53.4 Å². The number of pyridine rings is 1.